The number of amides is 4. The van der Waals surface area contributed by atoms with Gasteiger partial charge < -0.3 is 10.6 Å². The molecule has 0 bridgehead atoms. The molecule has 1 saturated heterocycles. The minimum absolute atomic E-state index is 0.265. The molecule has 6 nitrogen and oxygen atoms in total. The first-order valence-corrected chi connectivity index (χ1v) is 8.49. The summed E-state index contributed by atoms with van der Waals surface area (Å²) in [4.78, 5) is 37.9. The first-order chi connectivity index (χ1) is 11.0. The molecule has 2 fully saturated rings. The van der Waals surface area contributed by atoms with Crippen LogP contribution in [0.25, 0.3) is 0 Å². The lowest BCUT2D eigenvalue weighted by Crippen LogP contribution is -2.48. The van der Waals surface area contributed by atoms with Crippen molar-refractivity contribution in [2.75, 3.05) is 11.9 Å². The topological polar surface area (TPSA) is 78.5 Å². The van der Waals surface area contributed by atoms with Gasteiger partial charge in [-0.15, -0.1) is 0 Å². The van der Waals surface area contributed by atoms with Gasteiger partial charge in [-0.1, -0.05) is 41.3 Å². The largest absolute Gasteiger partial charge is 0.325 e. The monoisotopic (exact) mass is 379 g/mol. The van der Waals surface area contributed by atoms with Gasteiger partial charge in [0.05, 0.1) is 0 Å². The van der Waals surface area contributed by atoms with E-state index >= 15 is 0 Å². The highest BCUT2D eigenvalue weighted by molar-refractivity contribution is 9.10. The predicted octanol–water partition coefficient (Wildman–Crippen LogP) is 2.64. The first kappa shape index (κ1) is 16.0. The summed E-state index contributed by atoms with van der Waals surface area (Å²) in [5.41, 5.74) is -0.172. The zero-order chi connectivity index (χ0) is 16.4. The van der Waals surface area contributed by atoms with E-state index in [2.05, 4.69) is 26.6 Å². The molecule has 0 aromatic heterocycles. The van der Waals surface area contributed by atoms with Crippen molar-refractivity contribution in [1.29, 1.82) is 0 Å². The standard InChI is InChI=1S/C16H18BrN3O3/c17-11-5-4-6-12(9-11)18-13(21)10-20-14(22)16(19-15(20)23)7-2-1-3-8-16/h4-6,9H,1-3,7-8,10H2,(H,18,21)(H,19,23). The predicted molar refractivity (Wildman–Crippen MR) is 88.8 cm³/mol. The Bertz CT molecular complexity index is 656. The third-order valence-electron chi connectivity index (χ3n) is 4.36. The van der Waals surface area contributed by atoms with Crippen LogP contribution in [0.2, 0.25) is 0 Å². The zero-order valence-corrected chi connectivity index (χ0v) is 14.2. The summed E-state index contributed by atoms with van der Waals surface area (Å²) >= 11 is 3.33. The van der Waals surface area contributed by atoms with E-state index < -0.39 is 11.6 Å². The molecule has 1 aliphatic carbocycles. The maximum atomic E-state index is 12.6. The Hall–Kier alpha value is -1.89. The number of nitrogens with zero attached hydrogens (tertiary/aromatic N) is 1. The van der Waals surface area contributed by atoms with E-state index in [1.54, 1.807) is 18.2 Å². The number of carbonyl (C=O) groups is 3. The van der Waals surface area contributed by atoms with Gasteiger partial charge in [0.2, 0.25) is 5.91 Å². The summed E-state index contributed by atoms with van der Waals surface area (Å²) in [6.07, 6.45) is 4.23. The lowest BCUT2D eigenvalue weighted by molar-refractivity contribution is -0.134. The van der Waals surface area contributed by atoms with Crippen LogP contribution in [0.1, 0.15) is 32.1 Å². The number of hydrogen-bond donors (Lipinski definition) is 2. The Balaban J connectivity index is 1.66. The Labute approximate surface area is 142 Å². The summed E-state index contributed by atoms with van der Waals surface area (Å²) in [7, 11) is 0. The van der Waals surface area contributed by atoms with Gasteiger partial charge in [-0.2, -0.15) is 0 Å². The number of halogens is 1. The van der Waals surface area contributed by atoms with Crippen LogP contribution in [0.4, 0.5) is 10.5 Å². The van der Waals surface area contributed by atoms with Crippen molar-refractivity contribution in [2.45, 2.75) is 37.6 Å². The molecule has 4 amide bonds. The minimum atomic E-state index is -0.786. The maximum Gasteiger partial charge on any atom is 0.325 e. The van der Waals surface area contributed by atoms with Crippen LogP contribution in [0.3, 0.4) is 0 Å². The van der Waals surface area contributed by atoms with Crippen molar-refractivity contribution in [3.8, 4) is 0 Å². The third kappa shape index (κ3) is 3.24. The SMILES string of the molecule is O=C(CN1C(=O)NC2(CCCCC2)C1=O)Nc1cccc(Br)c1. The number of anilines is 1. The Morgan fingerprint density at radius 1 is 1.26 bits per heavy atom. The van der Waals surface area contributed by atoms with Gasteiger partial charge in [-0.05, 0) is 31.0 Å². The first-order valence-electron chi connectivity index (χ1n) is 7.70. The quantitative estimate of drug-likeness (QED) is 0.792. The van der Waals surface area contributed by atoms with E-state index in [9.17, 15) is 14.4 Å². The number of hydrogen-bond acceptors (Lipinski definition) is 3. The molecule has 1 aromatic carbocycles. The van der Waals surface area contributed by atoms with Crippen LogP contribution in [0.15, 0.2) is 28.7 Å². The second kappa shape index (κ2) is 6.31. The van der Waals surface area contributed by atoms with Crippen LogP contribution in [0.5, 0.6) is 0 Å². The molecule has 1 heterocycles. The molecule has 2 aliphatic rings. The number of rotatable bonds is 3. The number of urea groups is 1. The second-order valence-electron chi connectivity index (χ2n) is 6.02. The Kier molecular flexibility index (Phi) is 4.39. The highest BCUT2D eigenvalue weighted by Crippen LogP contribution is 2.33. The fourth-order valence-electron chi connectivity index (χ4n) is 3.22. The van der Waals surface area contributed by atoms with Crippen molar-refractivity contribution in [2.24, 2.45) is 0 Å². The molecule has 0 atom stereocenters. The van der Waals surface area contributed by atoms with Crippen LogP contribution in [0, 0.1) is 0 Å². The van der Waals surface area contributed by atoms with Crippen molar-refractivity contribution >= 4 is 39.5 Å². The van der Waals surface area contributed by atoms with Gasteiger partial charge in [0.25, 0.3) is 5.91 Å². The van der Waals surface area contributed by atoms with Gasteiger partial charge in [0, 0.05) is 10.2 Å². The average Bonchev–Trinajstić information content (AvgIpc) is 2.72. The van der Waals surface area contributed by atoms with Crippen molar-refractivity contribution in [1.82, 2.24) is 10.2 Å². The van der Waals surface area contributed by atoms with Gasteiger partial charge >= 0.3 is 6.03 Å². The summed E-state index contributed by atoms with van der Waals surface area (Å²) < 4.78 is 0.839. The van der Waals surface area contributed by atoms with Crippen molar-refractivity contribution < 1.29 is 14.4 Å². The smallest absolute Gasteiger partial charge is 0.324 e. The lowest BCUT2D eigenvalue weighted by Gasteiger charge is -2.30. The van der Waals surface area contributed by atoms with E-state index in [0.717, 1.165) is 28.6 Å². The summed E-state index contributed by atoms with van der Waals surface area (Å²) in [5.74, 6) is -0.661. The third-order valence-corrected chi connectivity index (χ3v) is 4.86. The second-order valence-corrected chi connectivity index (χ2v) is 6.94. The molecule has 7 heteroatoms. The van der Waals surface area contributed by atoms with Crippen LogP contribution in [-0.4, -0.2) is 34.8 Å². The summed E-state index contributed by atoms with van der Waals surface area (Å²) in [5, 5.41) is 5.50. The van der Waals surface area contributed by atoms with Crippen molar-refractivity contribution in [3.05, 3.63) is 28.7 Å². The van der Waals surface area contributed by atoms with Crippen LogP contribution in [-0.2, 0) is 9.59 Å². The summed E-state index contributed by atoms with van der Waals surface area (Å²) in [6, 6.07) is 6.68. The minimum Gasteiger partial charge on any atom is -0.324 e. The lowest BCUT2D eigenvalue weighted by atomic mass is 9.82. The van der Waals surface area contributed by atoms with Gasteiger partial charge in [0.15, 0.2) is 0 Å². The van der Waals surface area contributed by atoms with Crippen LogP contribution >= 0.6 is 15.9 Å². The number of nitrogens with one attached hydrogen (secondary N) is 2. The van der Waals surface area contributed by atoms with E-state index in [-0.39, 0.29) is 18.4 Å². The normalized spacial score (nSPS) is 19.8. The average molecular weight is 380 g/mol. The molecular formula is C16H18BrN3O3. The molecule has 1 spiro atoms. The van der Waals surface area contributed by atoms with Gasteiger partial charge in [-0.3, -0.25) is 14.5 Å². The fraction of sp³-hybridized carbons (Fsp3) is 0.438. The molecule has 23 heavy (non-hydrogen) atoms. The summed E-state index contributed by atoms with van der Waals surface area (Å²) in [6.45, 7) is -0.265. The van der Waals surface area contributed by atoms with E-state index in [1.165, 1.54) is 0 Å². The van der Waals surface area contributed by atoms with E-state index in [4.69, 9.17) is 0 Å². The van der Waals surface area contributed by atoms with Crippen LogP contribution < -0.4 is 10.6 Å². The molecule has 1 saturated carbocycles. The maximum absolute atomic E-state index is 12.6. The molecule has 3 rings (SSSR count). The Morgan fingerprint density at radius 2 is 2.00 bits per heavy atom. The number of benzene rings is 1. The number of carbonyl (C=O) groups excluding carboxylic acids is 3. The van der Waals surface area contributed by atoms with E-state index in [1.807, 2.05) is 6.07 Å². The highest BCUT2D eigenvalue weighted by atomic mass is 79.9. The van der Waals surface area contributed by atoms with E-state index in [0.29, 0.717) is 18.5 Å². The highest BCUT2D eigenvalue weighted by Gasteiger charge is 2.51. The molecule has 0 unspecified atom stereocenters. The fourth-order valence-corrected chi connectivity index (χ4v) is 3.62. The molecule has 0 radical (unpaired) electrons. The van der Waals surface area contributed by atoms with Gasteiger partial charge in [0.1, 0.15) is 12.1 Å². The van der Waals surface area contributed by atoms with Crippen molar-refractivity contribution in [3.63, 3.8) is 0 Å². The Morgan fingerprint density at radius 3 is 2.70 bits per heavy atom. The molecule has 1 aromatic rings. The molecule has 2 N–H and O–H groups in total. The zero-order valence-electron chi connectivity index (χ0n) is 12.6. The van der Waals surface area contributed by atoms with Gasteiger partial charge in [-0.25, -0.2) is 4.79 Å². The molecular weight excluding hydrogens is 362 g/mol. The number of imide groups is 1. The molecule has 1 aliphatic heterocycles. The molecule has 122 valence electrons.